The molecule has 0 atom stereocenters. The lowest BCUT2D eigenvalue weighted by atomic mass is 9.96. The molecule has 0 amide bonds. The molecule has 1 aliphatic rings. The minimum absolute atomic E-state index is 0.0767. The molecule has 1 aromatic carbocycles. The fraction of sp³-hybridized carbons (Fsp3) is 0.474. The summed E-state index contributed by atoms with van der Waals surface area (Å²) in [5.41, 5.74) is 0.544. The number of hydrogen-bond acceptors (Lipinski definition) is 5. The van der Waals surface area contributed by atoms with Crippen molar-refractivity contribution < 1.29 is 17.6 Å². The van der Waals surface area contributed by atoms with Gasteiger partial charge in [0.1, 0.15) is 5.82 Å². The summed E-state index contributed by atoms with van der Waals surface area (Å²) >= 11 is 6.22. The van der Waals surface area contributed by atoms with Crippen molar-refractivity contribution in [3.05, 3.63) is 40.7 Å². The van der Waals surface area contributed by atoms with Crippen LogP contribution in [0.15, 0.2) is 24.3 Å². The van der Waals surface area contributed by atoms with Crippen molar-refractivity contribution in [2.45, 2.75) is 44.6 Å². The van der Waals surface area contributed by atoms with Crippen molar-refractivity contribution in [1.82, 2.24) is 25.0 Å². The van der Waals surface area contributed by atoms with Gasteiger partial charge in [0.25, 0.3) is 0 Å². The van der Waals surface area contributed by atoms with Crippen LogP contribution >= 0.6 is 11.6 Å². The lowest BCUT2D eigenvalue weighted by Crippen LogP contribution is -2.38. The van der Waals surface area contributed by atoms with Crippen LogP contribution in [0.4, 0.5) is 23.4 Å². The zero-order valence-corrected chi connectivity index (χ0v) is 17.3. The molecular formula is C19H19ClF4N6. The number of benzene rings is 1. The molecule has 0 aliphatic carbocycles. The Labute approximate surface area is 174 Å². The van der Waals surface area contributed by atoms with Gasteiger partial charge in [-0.05, 0) is 11.6 Å². The van der Waals surface area contributed by atoms with Crippen molar-refractivity contribution in [2.24, 2.45) is 0 Å². The van der Waals surface area contributed by atoms with Gasteiger partial charge in [0.2, 0.25) is 0 Å². The van der Waals surface area contributed by atoms with E-state index in [0.29, 0.717) is 10.8 Å². The molecule has 0 unspecified atom stereocenters. The highest BCUT2D eigenvalue weighted by atomic mass is 35.5. The van der Waals surface area contributed by atoms with E-state index in [9.17, 15) is 17.6 Å². The Balaban J connectivity index is 1.85. The van der Waals surface area contributed by atoms with Gasteiger partial charge in [-0.15, -0.1) is 5.10 Å². The van der Waals surface area contributed by atoms with Gasteiger partial charge in [0.05, 0.1) is 19.6 Å². The number of fused-ring (bicyclic) bond motifs is 1. The maximum Gasteiger partial charge on any atom is 0.329 e. The Hall–Kier alpha value is -2.49. The van der Waals surface area contributed by atoms with Gasteiger partial charge < -0.3 is 4.90 Å². The van der Waals surface area contributed by atoms with E-state index in [0.717, 1.165) is 10.5 Å². The third-order valence-electron chi connectivity index (χ3n) is 4.91. The number of alkyl halides is 4. The van der Waals surface area contributed by atoms with Crippen molar-refractivity contribution in [2.75, 3.05) is 18.0 Å². The molecule has 0 N–H and O–H groups in total. The van der Waals surface area contributed by atoms with Gasteiger partial charge in [0.15, 0.2) is 17.0 Å². The van der Waals surface area contributed by atoms with Crippen LogP contribution in [-0.4, -0.2) is 49.9 Å². The molecule has 2 aromatic heterocycles. The van der Waals surface area contributed by atoms with E-state index in [-0.39, 0.29) is 23.5 Å². The largest absolute Gasteiger partial charge is 0.342 e. The van der Waals surface area contributed by atoms with Gasteiger partial charge in [-0.3, -0.25) is 0 Å². The van der Waals surface area contributed by atoms with Crippen molar-refractivity contribution in [3.63, 3.8) is 0 Å². The summed E-state index contributed by atoms with van der Waals surface area (Å²) in [5.74, 6) is -8.10. The average molecular weight is 443 g/mol. The number of hydrogen-bond donors (Lipinski definition) is 0. The first-order chi connectivity index (χ1) is 13.9. The highest BCUT2D eigenvalue weighted by Crippen LogP contribution is 2.43. The maximum atomic E-state index is 13.8. The summed E-state index contributed by atoms with van der Waals surface area (Å²) < 4.78 is 56.8. The van der Waals surface area contributed by atoms with Gasteiger partial charge in [0, 0.05) is 10.4 Å². The molecule has 160 valence electrons. The standard InChI is InChI=1S/C19H19ClF4N6/c1-17(2,3)16-25-14(29-9-18(21,22)19(23,24)10-29)13-15(26-16)30(28-27-13)8-11-6-4-5-7-12(11)20/h4-7H,8-10H2,1-3H3. The summed E-state index contributed by atoms with van der Waals surface area (Å²) in [7, 11) is 0. The number of halogens is 5. The van der Waals surface area contributed by atoms with Crippen molar-refractivity contribution in [3.8, 4) is 0 Å². The molecular weight excluding hydrogens is 424 g/mol. The monoisotopic (exact) mass is 442 g/mol. The second-order valence-electron chi connectivity index (χ2n) is 8.40. The third-order valence-corrected chi connectivity index (χ3v) is 5.28. The summed E-state index contributed by atoms with van der Waals surface area (Å²) in [6, 6.07) is 7.14. The second kappa shape index (κ2) is 6.76. The Bertz CT molecular complexity index is 1090. The van der Waals surface area contributed by atoms with Gasteiger partial charge in [-0.1, -0.05) is 55.8 Å². The summed E-state index contributed by atoms with van der Waals surface area (Å²) in [6.07, 6.45) is 0. The van der Waals surface area contributed by atoms with E-state index in [1.54, 1.807) is 12.1 Å². The summed E-state index contributed by atoms with van der Waals surface area (Å²) in [6.45, 7) is 3.43. The van der Waals surface area contributed by atoms with E-state index in [2.05, 4.69) is 20.3 Å². The Kier molecular flexibility index (Phi) is 4.68. The first kappa shape index (κ1) is 20.8. The van der Waals surface area contributed by atoms with E-state index in [4.69, 9.17) is 11.6 Å². The smallest absolute Gasteiger partial charge is 0.329 e. The molecule has 11 heteroatoms. The zero-order chi connectivity index (χ0) is 21.9. The third kappa shape index (κ3) is 3.46. The quantitative estimate of drug-likeness (QED) is 0.566. The Morgan fingerprint density at radius 1 is 1.03 bits per heavy atom. The van der Waals surface area contributed by atoms with Crippen LogP contribution in [0.3, 0.4) is 0 Å². The molecule has 3 heterocycles. The molecule has 6 nitrogen and oxygen atoms in total. The second-order valence-corrected chi connectivity index (χ2v) is 8.80. The molecule has 1 fully saturated rings. The fourth-order valence-electron chi connectivity index (χ4n) is 3.21. The van der Waals surface area contributed by atoms with Crippen LogP contribution in [0.5, 0.6) is 0 Å². The van der Waals surface area contributed by atoms with Gasteiger partial charge in [-0.2, -0.15) is 17.6 Å². The molecule has 0 bridgehead atoms. The molecule has 0 saturated carbocycles. The SMILES string of the molecule is CC(C)(C)c1nc(N2CC(F)(F)C(F)(F)C2)c2nnn(Cc3ccccc3Cl)c2n1. The molecule has 4 rings (SSSR count). The number of anilines is 1. The zero-order valence-electron chi connectivity index (χ0n) is 16.5. The predicted octanol–water partition coefficient (Wildman–Crippen LogP) is 4.31. The van der Waals surface area contributed by atoms with E-state index >= 15 is 0 Å². The van der Waals surface area contributed by atoms with E-state index < -0.39 is 30.3 Å². The Morgan fingerprint density at radius 2 is 1.67 bits per heavy atom. The van der Waals surface area contributed by atoms with Gasteiger partial charge in [-0.25, -0.2) is 14.6 Å². The number of aromatic nitrogens is 5. The molecule has 30 heavy (non-hydrogen) atoms. The lowest BCUT2D eigenvalue weighted by molar-refractivity contribution is -0.172. The molecule has 1 aliphatic heterocycles. The van der Waals surface area contributed by atoms with Crippen LogP contribution in [0.2, 0.25) is 5.02 Å². The minimum Gasteiger partial charge on any atom is -0.342 e. The van der Waals surface area contributed by atoms with Crippen LogP contribution in [0.1, 0.15) is 32.2 Å². The Morgan fingerprint density at radius 3 is 2.27 bits per heavy atom. The number of rotatable bonds is 3. The first-order valence-corrected chi connectivity index (χ1v) is 9.62. The fourth-order valence-corrected chi connectivity index (χ4v) is 3.40. The highest BCUT2D eigenvalue weighted by molar-refractivity contribution is 6.31. The lowest BCUT2D eigenvalue weighted by Gasteiger charge is -2.21. The molecule has 3 aromatic rings. The van der Waals surface area contributed by atoms with Crippen molar-refractivity contribution in [1.29, 1.82) is 0 Å². The minimum atomic E-state index is -4.17. The van der Waals surface area contributed by atoms with Crippen molar-refractivity contribution >= 4 is 28.6 Å². The first-order valence-electron chi connectivity index (χ1n) is 9.25. The van der Waals surface area contributed by atoms with Crippen LogP contribution in [0, 0.1) is 0 Å². The highest BCUT2D eigenvalue weighted by Gasteiger charge is 2.63. The molecule has 0 spiro atoms. The van der Waals surface area contributed by atoms with Crippen LogP contribution in [-0.2, 0) is 12.0 Å². The molecule has 1 saturated heterocycles. The maximum absolute atomic E-state index is 13.8. The van der Waals surface area contributed by atoms with Gasteiger partial charge >= 0.3 is 11.8 Å². The summed E-state index contributed by atoms with van der Waals surface area (Å²) in [5, 5.41) is 8.60. The normalized spacial score (nSPS) is 18.3. The average Bonchev–Trinajstić information content (AvgIpc) is 3.13. The topological polar surface area (TPSA) is 59.7 Å². The van der Waals surface area contributed by atoms with E-state index in [1.807, 2.05) is 32.9 Å². The van der Waals surface area contributed by atoms with Crippen LogP contribution in [0.25, 0.3) is 11.2 Å². The van der Waals surface area contributed by atoms with E-state index in [1.165, 1.54) is 4.68 Å². The summed E-state index contributed by atoms with van der Waals surface area (Å²) in [4.78, 5) is 9.70. The van der Waals surface area contributed by atoms with Crippen LogP contribution < -0.4 is 4.90 Å². The predicted molar refractivity (Wildman–Crippen MR) is 104 cm³/mol. The number of nitrogens with zero attached hydrogens (tertiary/aromatic N) is 6. The molecule has 0 radical (unpaired) electrons.